The van der Waals surface area contributed by atoms with Crippen molar-refractivity contribution in [3.8, 4) is 0 Å². The Hall–Kier alpha value is -5.51. The van der Waals surface area contributed by atoms with Gasteiger partial charge in [-0.1, -0.05) is 12.1 Å². The Kier molecular flexibility index (Phi) is 9.73. The predicted molar refractivity (Wildman–Crippen MR) is 209 cm³/mol. The maximum absolute atomic E-state index is 13.5. The molecule has 5 aromatic rings. The summed E-state index contributed by atoms with van der Waals surface area (Å²) in [4.78, 5) is 59.4. The zero-order valence-corrected chi connectivity index (χ0v) is 32.4. The van der Waals surface area contributed by atoms with Gasteiger partial charge in [-0.3, -0.25) is 38.4 Å². The topological polar surface area (TPSA) is 139 Å². The number of aryl methyl sites for hydroxylation is 2. The summed E-state index contributed by atoms with van der Waals surface area (Å²) in [6.07, 6.45) is 1.87. The van der Waals surface area contributed by atoms with Crippen LogP contribution in [0, 0.1) is 12.8 Å². The van der Waals surface area contributed by atoms with Crippen molar-refractivity contribution in [3.63, 3.8) is 0 Å². The molecule has 0 radical (unpaired) electrons. The van der Waals surface area contributed by atoms with Crippen molar-refractivity contribution < 1.29 is 27.6 Å². The fourth-order valence-electron chi connectivity index (χ4n) is 8.96. The predicted octanol–water partition coefficient (Wildman–Crippen LogP) is 5.97. The minimum Gasteiger partial charge on any atom is -0.367 e. The van der Waals surface area contributed by atoms with Crippen molar-refractivity contribution in [2.45, 2.75) is 83.1 Å². The molecule has 13 nitrogen and oxygen atoms in total. The van der Waals surface area contributed by atoms with Crippen molar-refractivity contribution in [1.82, 2.24) is 34.1 Å². The van der Waals surface area contributed by atoms with Crippen LogP contribution in [0.4, 0.5) is 24.5 Å². The first-order chi connectivity index (χ1) is 27.1. The van der Waals surface area contributed by atoms with Gasteiger partial charge in [-0.2, -0.15) is 18.3 Å². The van der Waals surface area contributed by atoms with Gasteiger partial charge in [-0.25, -0.2) is 9.78 Å². The van der Waals surface area contributed by atoms with E-state index >= 15 is 0 Å². The lowest BCUT2D eigenvalue weighted by atomic mass is 9.84. The molecule has 1 saturated carbocycles. The highest BCUT2D eigenvalue weighted by atomic mass is 19.4. The summed E-state index contributed by atoms with van der Waals surface area (Å²) in [5, 5.41) is 10.8. The number of piperidine rings is 1. The molecule has 2 aromatic carbocycles. The largest absolute Gasteiger partial charge is 0.433 e. The van der Waals surface area contributed by atoms with Crippen LogP contribution in [0.5, 0.6) is 0 Å². The molecule has 3 aliphatic rings. The first kappa shape index (κ1) is 38.4. The number of imide groups is 1. The molecular weight excluding hydrogens is 740 g/mol. The Labute approximate surface area is 326 Å². The number of nitrogens with one attached hydrogen (secondary N) is 2. The average Bonchev–Trinajstić information content (AvgIpc) is 3.69. The van der Waals surface area contributed by atoms with Gasteiger partial charge in [0.1, 0.15) is 17.4 Å². The van der Waals surface area contributed by atoms with Crippen LogP contribution in [-0.4, -0.2) is 78.2 Å². The molecule has 1 aliphatic carbocycles. The van der Waals surface area contributed by atoms with Gasteiger partial charge in [0.2, 0.25) is 11.8 Å². The van der Waals surface area contributed by atoms with E-state index in [-0.39, 0.29) is 41.7 Å². The number of imidazole rings is 1. The average molecular weight is 786 g/mol. The van der Waals surface area contributed by atoms with Crippen molar-refractivity contribution in [2.75, 3.05) is 36.4 Å². The molecule has 0 spiro atoms. The van der Waals surface area contributed by atoms with Crippen molar-refractivity contribution in [1.29, 1.82) is 0 Å². The Balaban J connectivity index is 0.901. The van der Waals surface area contributed by atoms with E-state index in [1.54, 1.807) is 17.7 Å². The molecule has 2 aliphatic heterocycles. The molecule has 1 atom stereocenters. The quantitative estimate of drug-likeness (QED) is 0.193. The standard InChI is InChI=1S/C41H46F3N9O4/c1-24-19-30-26(20-29(24)46-37(55)28-7-5-10-34(45-28)41(42,43)44)22-52(48-30)27-13-11-25(12-14-27)21-51-18-17-50(23-40(51,2)3)31-8-6-9-32-36(31)49(4)39(57)53(32)33-15-16-35(54)47-38(33)56/h5-10,19-20,22,25,27,33H,11-18,21,23H2,1-4H3,(H,46,55)(H,47,54,56). The van der Waals surface area contributed by atoms with Gasteiger partial charge in [0.05, 0.1) is 28.3 Å². The molecule has 57 heavy (non-hydrogen) atoms. The van der Waals surface area contributed by atoms with Crippen molar-refractivity contribution in [2.24, 2.45) is 13.0 Å². The normalized spacial score (nSPS) is 21.9. The highest BCUT2D eigenvalue weighted by Crippen LogP contribution is 2.37. The lowest BCUT2D eigenvalue weighted by molar-refractivity contribution is -0.141. The Morgan fingerprint density at radius 2 is 1.75 bits per heavy atom. The highest BCUT2D eigenvalue weighted by molar-refractivity contribution is 6.04. The monoisotopic (exact) mass is 785 g/mol. The number of hydrogen-bond acceptors (Lipinski definition) is 8. The summed E-state index contributed by atoms with van der Waals surface area (Å²) in [6, 6.07) is 12.3. The summed E-state index contributed by atoms with van der Waals surface area (Å²) in [7, 11) is 1.74. The number of alkyl halides is 3. The number of benzene rings is 2. The number of para-hydroxylation sites is 1. The fraction of sp³-hybridized carbons (Fsp3) is 0.463. The summed E-state index contributed by atoms with van der Waals surface area (Å²) < 4.78 is 44.7. The molecule has 300 valence electrons. The van der Waals surface area contributed by atoms with E-state index in [1.807, 2.05) is 42.1 Å². The van der Waals surface area contributed by atoms with Crippen LogP contribution in [0.1, 0.15) is 86.2 Å². The minimum absolute atomic E-state index is 0.149. The number of rotatable bonds is 7. The van der Waals surface area contributed by atoms with E-state index in [9.17, 15) is 32.3 Å². The summed E-state index contributed by atoms with van der Waals surface area (Å²) in [5.41, 5.74) is 2.58. The molecule has 2 saturated heterocycles. The van der Waals surface area contributed by atoms with E-state index in [0.29, 0.717) is 17.1 Å². The number of amides is 3. The van der Waals surface area contributed by atoms with Gasteiger partial charge < -0.3 is 10.2 Å². The number of hydrogen-bond donors (Lipinski definition) is 2. The van der Waals surface area contributed by atoms with Crippen LogP contribution >= 0.6 is 0 Å². The van der Waals surface area contributed by atoms with Crippen LogP contribution < -0.4 is 21.2 Å². The van der Waals surface area contributed by atoms with E-state index in [4.69, 9.17) is 5.10 Å². The minimum atomic E-state index is -4.65. The van der Waals surface area contributed by atoms with Gasteiger partial charge in [-0.05, 0) is 101 Å². The second kappa shape index (κ2) is 14.5. The lowest BCUT2D eigenvalue weighted by Crippen LogP contribution is -2.60. The number of pyridine rings is 1. The third-order valence-corrected chi connectivity index (χ3v) is 12.1. The molecule has 3 amide bonds. The fourth-order valence-corrected chi connectivity index (χ4v) is 8.96. The van der Waals surface area contributed by atoms with Crippen molar-refractivity contribution >= 4 is 51.0 Å². The van der Waals surface area contributed by atoms with E-state index in [2.05, 4.69) is 39.3 Å². The highest BCUT2D eigenvalue weighted by Gasteiger charge is 2.38. The zero-order chi connectivity index (χ0) is 40.4. The number of anilines is 2. The zero-order valence-electron chi connectivity index (χ0n) is 32.4. The molecule has 2 N–H and O–H groups in total. The Morgan fingerprint density at radius 3 is 2.47 bits per heavy atom. The molecule has 3 aromatic heterocycles. The van der Waals surface area contributed by atoms with Crippen LogP contribution in [0.15, 0.2) is 59.5 Å². The van der Waals surface area contributed by atoms with Crippen LogP contribution in [0.3, 0.4) is 0 Å². The number of halogens is 3. The van der Waals surface area contributed by atoms with Gasteiger partial charge in [-0.15, -0.1) is 0 Å². The summed E-state index contributed by atoms with van der Waals surface area (Å²) in [6.45, 7) is 9.74. The SMILES string of the molecule is Cc1cc2nn(C3CCC(CN4CCN(c5cccc6c5n(C)c(=O)n6C5CCC(=O)NC5=O)CC4(C)C)CC3)cc2cc1NC(=O)c1cccc(C(F)(F)F)n1. The number of nitrogens with zero attached hydrogens (tertiary/aromatic N) is 7. The number of piperazine rings is 1. The molecule has 5 heterocycles. The van der Waals surface area contributed by atoms with E-state index in [0.717, 1.165) is 85.6 Å². The Morgan fingerprint density at radius 1 is 1.00 bits per heavy atom. The van der Waals surface area contributed by atoms with Crippen LogP contribution in [0.25, 0.3) is 21.9 Å². The van der Waals surface area contributed by atoms with Gasteiger partial charge in [0, 0.05) is 62.5 Å². The number of fused-ring (bicyclic) bond motifs is 2. The third-order valence-electron chi connectivity index (χ3n) is 12.1. The lowest BCUT2D eigenvalue weighted by Gasteiger charge is -2.49. The van der Waals surface area contributed by atoms with E-state index in [1.165, 1.54) is 16.7 Å². The summed E-state index contributed by atoms with van der Waals surface area (Å²) in [5.74, 6) is -0.955. The van der Waals surface area contributed by atoms with Crippen LogP contribution in [-0.2, 0) is 22.8 Å². The molecule has 8 rings (SSSR count). The van der Waals surface area contributed by atoms with Crippen LogP contribution in [0.2, 0.25) is 0 Å². The second-order valence-corrected chi connectivity index (χ2v) is 16.4. The van der Waals surface area contributed by atoms with E-state index < -0.39 is 29.7 Å². The molecule has 1 unspecified atom stereocenters. The second-order valence-electron chi connectivity index (χ2n) is 16.4. The molecule has 0 bridgehead atoms. The summed E-state index contributed by atoms with van der Waals surface area (Å²) >= 11 is 0. The van der Waals surface area contributed by atoms with Crippen molar-refractivity contribution in [3.05, 3.63) is 82.2 Å². The number of aromatic nitrogens is 5. The first-order valence-electron chi connectivity index (χ1n) is 19.5. The maximum Gasteiger partial charge on any atom is 0.433 e. The Bertz CT molecular complexity index is 2460. The maximum atomic E-state index is 13.5. The number of carbonyl (C=O) groups excluding carboxylic acids is 3. The van der Waals surface area contributed by atoms with Gasteiger partial charge in [0.25, 0.3) is 5.91 Å². The molecular formula is C41H46F3N9O4. The van der Waals surface area contributed by atoms with Gasteiger partial charge >= 0.3 is 11.9 Å². The molecule has 16 heteroatoms. The third kappa shape index (κ3) is 7.30. The smallest absolute Gasteiger partial charge is 0.367 e. The first-order valence-corrected chi connectivity index (χ1v) is 19.5. The van der Waals surface area contributed by atoms with Gasteiger partial charge in [0.15, 0.2) is 0 Å². The molecule has 3 fully saturated rings. The number of carbonyl (C=O) groups is 3.